The Balaban J connectivity index is 1.83. The summed E-state index contributed by atoms with van der Waals surface area (Å²) in [6.07, 6.45) is 5.18. The Hall–Kier alpha value is -1.68. The Morgan fingerprint density at radius 2 is 2.27 bits per heavy atom. The number of furan rings is 1. The van der Waals surface area contributed by atoms with E-state index in [0.29, 0.717) is 0 Å². The minimum absolute atomic E-state index is 0.745. The lowest BCUT2D eigenvalue weighted by Gasteiger charge is -2.02. The lowest BCUT2D eigenvalue weighted by atomic mass is 10.3. The van der Waals surface area contributed by atoms with Crippen molar-refractivity contribution in [1.29, 1.82) is 0 Å². The molecule has 0 aliphatic heterocycles. The van der Waals surface area contributed by atoms with Gasteiger partial charge in [0.2, 0.25) is 0 Å². The van der Waals surface area contributed by atoms with Crippen molar-refractivity contribution in [3.63, 3.8) is 0 Å². The van der Waals surface area contributed by atoms with Crippen LogP contribution < -0.4 is 5.32 Å². The summed E-state index contributed by atoms with van der Waals surface area (Å²) in [5.74, 6) is 0.803. The van der Waals surface area contributed by atoms with E-state index in [0.717, 1.165) is 30.2 Å². The first-order valence-corrected chi connectivity index (χ1v) is 4.85. The summed E-state index contributed by atoms with van der Waals surface area (Å²) in [6.45, 7) is 3.42. The van der Waals surface area contributed by atoms with Crippen LogP contribution in [0.1, 0.15) is 17.1 Å². The molecule has 0 fully saturated rings. The van der Waals surface area contributed by atoms with Gasteiger partial charge in [-0.3, -0.25) is 0 Å². The highest BCUT2D eigenvalue weighted by molar-refractivity contribution is 5.06. The number of rotatable bonds is 4. The van der Waals surface area contributed by atoms with E-state index in [-0.39, 0.29) is 0 Å². The van der Waals surface area contributed by atoms with Gasteiger partial charge >= 0.3 is 0 Å². The van der Waals surface area contributed by atoms with E-state index in [1.807, 2.05) is 19.1 Å². The predicted molar refractivity (Wildman–Crippen MR) is 56.0 cm³/mol. The van der Waals surface area contributed by atoms with Gasteiger partial charge in [-0.2, -0.15) is 0 Å². The van der Waals surface area contributed by atoms with Crippen LogP contribution in [0.2, 0.25) is 0 Å². The molecule has 78 valence electrons. The maximum absolute atomic E-state index is 4.97. The number of aromatic nitrogens is 2. The Labute approximate surface area is 88.4 Å². The fourth-order valence-corrected chi connectivity index (χ4v) is 1.33. The van der Waals surface area contributed by atoms with E-state index in [1.165, 1.54) is 0 Å². The lowest BCUT2D eigenvalue weighted by molar-refractivity contribution is 0.560. The van der Waals surface area contributed by atoms with Crippen LogP contribution >= 0.6 is 0 Å². The lowest BCUT2D eigenvalue weighted by Crippen LogP contribution is -2.13. The molecule has 2 heterocycles. The number of nitrogens with one attached hydrogen (secondary N) is 1. The molecule has 2 rings (SSSR count). The van der Waals surface area contributed by atoms with Crippen molar-refractivity contribution in [2.45, 2.75) is 20.0 Å². The molecule has 1 N–H and O–H groups in total. The molecule has 4 heteroatoms. The molecule has 0 aromatic carbocycles. The van der Waals surface area contributed by atoms with Crippen molar-refractivity contribution in [3.8, 4) is 0 Å². The van der Waals surface area contributed by atoms with Crippen molar-refractivity contribution in [2.75, 3.05) is 0 Å². The number of nitrogens with zero attached hydrogens (tertiary/aromatic N) is 2. The number of hydrogen-bond acceptors (Lipinski definition) is 4. The van der Waals surface area contributed by atoms with Crippen molar-refractivity contribution in [1.82, 2.24) is 15.3 Å². The minimum Gasteiger partial charge on any atom is -0.472 e. The highest BCUT2D eigenvalue weighted by Crippen LogP contribution is 2.00. The van der Waals surface area contributed by atoms with Gasteiger partial charge in [0, 0.05) is 24.8 Å². The largest absolute Gasteiger partial charge is 0.472 e. The van der Waals surface area contributed by atoms with Crippen molar-refractivity contribution >= 4 is 0 Å². The molecule has 0 aliphatic rings. The van der Waals surface area contributed by atoms with Gasteiger partial charge in [0.25, 0.3) is 0 Å². The summed E-state index contributed by atoms with van der Waals surface area (Å²) in [4.78, 5) is 8.34. The van der Waals surface area contributed by atoms with Crippen LogP contribution in [0.5, 0.6) is 0 Å². The van der Waals surface area contributed by atoms with Gasteiger partial charge < -0.3 is 9.73 Å². The first kappa shape index (κ1) is 9.86. The normalized spacial score (nSPS) is 10.5. The van der Waals surface area contributed by atoms with Crippen LogP contribution in [-0.2, 0) is 13.1 Å². The van der Waals surface area contributed by atoms with E-state index >= 15 is 0 Å². The molecule has 0 amide bonds. The third kappa shape index (κ3) is 2.89. The van der Waals surface area contributed by atoms with Crippen LogP contribution in [0.15, 0.2) is 35.3 Å². The Bertz CT molecular complexity index is 412. The summed E-state index contributed by atoms with van der Waals surface area (Å²) in [5.41, 5.74) is 2.15. The predicted octanol–water partition coefficient (Wildman–Crippen LogP) is 1.67. The molecule has 4 nitrogen and oxygen atoms in total. The molecule has 0 atom stereocenters. The van der Waals surface area contributed by atoms with Gasteiger partial charge in [-0.25, -0.2) is 9.97 Å². The van der Waals surface area contributed by atoms with E-state index < -0.39 is 0 Å². The fourth-order valence-electron chi connectivity index (χ4n) is 1.33. The summed E-state index contributed by atoms with van der Waals surface area (Å²) in [7, 11) is 0. The van der Waals surface area contributed by atoms with Crippen LogP contribution in [0.3, 0.4) is 0 Å². The summed E-state index contributed by atoms with van der Waals surface area (Å²) < 4.78 is 4.97. The summed E-state index contributed by atoms with van der Waals surface area (Å²) >= 11 is 0. The molecular weight excluding hydrogens is 190 g/mol. The smallest absolute Gasteiger partial charge is 0.125 e. The number of aryl methyl sites for hydroxylation is 1. The van der Waals surface area contributed by atoms with Crippen molar-refractivity contribution in [2.24, 2.45) is 0 Å². The SMILES string of the molecule is Cc1nccc(CNCc2ccoc2)n1. The molecule has 2 aromatic heterocycles. The average molecular weight is 203 g/mol. The second-order valence-electron chi connectivity index (χ2n) is 3.33. The molecule has 2 aromatic rings. The Kier molecular flexibility index (Phi) is 3.09. The summed E-state index contributed by atoms with van der Waals surface area (Å²) in [6, 6.07) is 3.85. The molecule has 0 spiro atoms. The third-order valence-corrected chi connectivity index (χ3v) is 2.05. The standard InChI is InChI=1S/C11H13N3O/c1-9-13-4-2-11(14-9)7-12-6-10-3-5-15-8-10/h2-5,8,12H,6-7H2,1H3. The van der Waals surface area contributed by atoms with Gasteiger partial charge in [-0.05, 0) is 19.1 Å². The maximum atomic E-state index is 4.97. The van der Waals surface area contributed by atoms with E-state index in [4.69, 9.17) is 4.42 Å². The second kappa shape index (κ2) is 4.70. The minimum atomic E-state index is 0.745. The zero-order valence-corrected chi connectivity index (χ0v) is 8.60. The van der Waals surface area contributed by atoms with E-state index in [1.54, 1.807) is 18.7 Å². The second-order valence-corrected chi connectivity index (χ2v) is 3.33. The molecule has 0 bridgehead atoms. The Morgan fingerprint density at radius 1 is 1.33 bits per heavy atom. The molecule has 15 heavy (non-hydrogen) atoms. The van der Waals surface area contributed by atoms with Crippen molar-refractivity contribution < 1.29 is 4.42 Å². The van der Waals surface area contributed by atoms with Gasteiger partial charge in [-0.15, -0.1) is 0 Å². The molecule has 0 saturated carbocycles. The van der Waals surface area contributed by atoms with E-state index in [2.05, 4.69) is 15.3 Å². The maximum Gasteiger partial charge on any atom is 0.125 e. The third-order valence-electron chi connectivity index (χ3n) is 2.05. The fraction of sp³-hybridized carbons (Fsp3) is 0.273. The van der Waals surface area contributed by atoms with Crippen LogP contribution in [0.25, 0.3) is 0 Å². The van der Waals surface area contributed by atoms with Gasteiger partial charge in [0.1, 0.15) is 5.82 Å². The van der Waals surface area contributed by atoms with Gasteiger partial charge in [0.15, 0.2) is 0 Å². The zero-order valence-electron chi connectivity index (χ0n) is 8.60. The van der Waals surface area contributed by atoms with Crippen LogP contribution in [0, 0.1) is 6.92 Å². The molecule has 0 radical (unpaired) electrons. The zero-order chi connectivity index (χ0) is 10.5. The topological polar surface area (TPSA) is 51.0 Å². The quantitative estimate of drug-likeness (QED) is 0.821. The van der Waals surface area contributed by atoms with Gasteiger partial charge in [-0.1, -0.05) is 0 Å². The van der Waals surface area contributed by atoms with Crippen LogP contribution in [-0.4, -0.2) is 9.97 Å². The molecule has 0 unspecified atom stereocenters. The summed E-state index contributed by atoms with van der Waals surface area (Å²) in [5, 5.41) is 3.28. The van der Waals surface area contributed by atoms with E-state index in [9.17, 15) is 0 Å². The number of hydrogen-bond donors (Lipinski definition) is 1. The monoisotopic (exact) mass is 203 g/mol. The highest BCUT2D eigenvalue weighted by atomic mass is 16.3. The van der Waals surface area contributed by atoms with Crippen molar-refractivity contribution in [3.05, 3.63) is 47.9 Å². The highest BCUT2D eigenvalue weighted by Gasteiger charge is 1.96. The molecule has 0 aliphatic carbocycles. The first-order chi connectivity index (χ1) is 7.34. The first-order valence-electron chi connectivity index (χ1n) is 4.85. The average Bonchev–Trinajstić information content (AvgIpc) is 2.71. The van der Waals surface area contributed by atoms with Crippen LogP contribution in [0.4, 0.5) is 0 Å². The van der Waals surface area contributed by atoms with Gasteiger partial charge in [0.05, 0.1) is 18.2 Å². The Morgan fingerprint density at radius 3 is 3.00 bits per heavy atom. The molecule has 0 saturated heterocycles. The molecular formula is C11H13N3O.